The van der Waals surface area contributed by atoms with E-state index >= 15 is 0 Å². The van der Waals surface area contributed by atoms with Crippen molar-refractivity contribution < 1.29 is 25.5 Å². The monoisotopic (exact) mass is 660 g/mol. The standard InChI is InChI=1S/C46H28O5/c47-42-41(43(48)45(50)46(51)44(42)49)40-34-10-3-1-8-32(34)38(33-9-2-4-11-35(33)40)30-17-15-27-22-29(16-14-28(27)23-30)31-20-18-26-13-12-24-6-5-7-25-19-21-36(31)39(26)37(24)25/h1-23,47-51H. The largest absolute Gasteiger partial charge is 0.504 e. The van der Waals surface area contributed by atoms with Crippen LogP contribution in [-0.2, 0) is 0 Å². The van der Waals surface area contributed by atoms with E-state index in [1.54, 1.807) is 0 Å². The van der Waals surface area contributed by atoms with Crippen LogP contribution >= 0.6 is 0 Å². The van der Waals surface area contributed by atoms with Crippen LogP contribution in [0.2, 0.25) is 0 Å². The van der Waals surface area contributed by atoms with Crippen LogP contribution in [0.15, 0.2) is 140 Å². The van der Waals surface area contributed by atoms with Crippen LogP contribution in [0.4, 0.5) is 0 Å². The summed E-state index contributed by atoms with van der Waals surface area (Å²) >= 11 is 0. The number of hydrogen-bond donors (Lipinski definition) is 5. The fourth-order valence-corrected chi connectivity index (χ4v) is 8.19. The summed E-state index contributed by atoms with van der Waals surface area (Å²) in [5.41, 5.74) is 4.55. The van der Waals surface area contributed by atoms with Crippen LogP contribution in [0.3, 0.4) is 0 Å². The first kappa shape index (κ1) is 29.0. The highest BCUT2D eigenvalue weighted by molar-refractivity contribution is 6.26. The molecular formula is C46H28O5. The van der Waals surface area contributed by atoms with Crippen molar-refractivity contribution >= 4 is 64.6 Å². The summed E-state index contributed by atoms with van der Waals surface area (Å²) < 4.78 is 0. The maximum atomic E-state index is 11.0. The van der Waals surface area contributed by atoms with Gasteiger partial charge >= 0.3 is 0 Å². The number of phenols is 5. The molecule has 10 rings (SSSR count). The smallest absolute Gasteiger partial charge is 0.208 e. The van der Waals surface area contributed by atoms with Crippen molar-refractivity contribution in [3.8, 4) is 62.1 Å². The van der Waals surface area contributed by atoms with E-state index in [0.29, 0.717) is 16.3 Å². The number of hydrogen-bond acceptors (Lipinski definition) is 5. The maximum Gasteiger partial charge on any atom is 0.208 e. The summed E-state index contributed by atoms with van der Waals surface area (Å²) in [6, 6.07) is 48.2. The van der Waals surface area contributed by atoms with Crippen LogP contribution in [0.1, 0.15) is 0 Å². The first-order chi connectivity index (χ1) is 24.9. The summed E-state index contributed by atoms with van der Waals surface area (Å²) in [5, 5.41) is 65.9. The first-order valence-corrected chi connectivity index (χ1v) is 16.7. The molecule has 0 atom stereocenters. The number of rotatable bonds is 3. The Kier molecular flexibility index (Phi) is 5.97. The van der Waals surface area contributed by atoms with Crippen molar-refractivity contribution in [2.45, 2.75) is 0 Å². The molecule has 0 radical (unpaired) electrons. The van der Waals surface area contributed by atoms with E-state index in [9.17, 15) is 25.5 Å². The van der Waals surface area contributed by atoms with Gasteiger partial charge < -0.3 is 25.5 Å². The van der Waals surface area contributed by atoms with Crippen molar-refractivity contribution in [1.29, 1.82) is 0 Å². The Bertz CT molecular complexity index is 2990. The number of phenolic OH excluding ortho intramolecular Hbond substituents is 5. The zero-order valence-corrected chi connectivity index (χ0v) is 27.0. The minimum absolute atomic E-state index is 0.167. The zero-order valence-electron chi connectivity index (χ0n) is 27.0. The molecule has 5 nitrogen and oxygen atoms in total. The molecule has 0 saturated heterocycles. The number of fused-ring (bicyclic) bond motifs is 3. The van der Waals surface area contributed by atoms with E-state index in [1.807, 2.05) is 48.5 Å². The normalized spacial score (nSPS) is 11.9. The van der Waals surface area contributed by atoms with E-state index in [1.165, 1.54) is 37.9 Å². The van der Waals surface area contributed by atoms with Gasteiger partial charge in [-0.3, -0.25) is 0 Å². The highest BCUT2D eigenvalue weighted by atomic mass is 16.4. The lowest BCUT2D eigenvalue weighted by molar-refractivity contribution is 0.330. The fourth-order valence-electron chi connectivity index (χ4n) is 8.19. The second-order valence-electron chi connectivity index (χ2n) is 13.2. The molecule has 0 heterocycles. The Morgan fingerprint density at radius 2 is 0.725 bits per heavy atom. The van der Waals surface area contributed by atoms with Gasteiger partial charge in [0.1, 0.15) is 0 Å². The summed E-state index contributed by atoms with van der Waals surface area (Å²) in [7, 11) is 0. The van der Waals surface area contributed by atoms with Gasteiger partial charge in [0.05, 0.1) is 5.56 Å². The molecule has 0 fully saturated rings. The zero-order chi connectivity index (χ0) is 34.5. The average Bonchev–Trinajstić information content (AvgIpc) is 3.17. The molecule has 0 unspecified atom stereocenters. The van der Waals surface area contributed by atoms with Crippen LogP contribution in [0, 0.1) is 0 Å². The van der Waals surface area contributed by atoms with Crippen molar-refractivity contribution in [3.63, 3.8) is 0 Å². The first-order valence-electron chi connectivity index (χ1n) is 16.7. The molecule has 5 heteroatoms. The highest BCUT2D eigenvalue weighted by Crippen LogP contribution is 2.57. The lowest BCUT2D eigenvalue weighted by Crippen LogP contribution is -1.92. The molecule has 0 aliphatic heterocycles. The highest BCUT2D eigenvalue weighted by Gasteiger charge is 2.28. The van der Waals surface area contributed by atoms with Gasteiger partial charge in [0.2, 0.25) is 17.2 Å². The third-order valence-corrected chi connectivity index (χ3v) is 10.5. The SMILES string of the molecule is Oc1c(O)c(O)c(-c2c3ccccc3c(-c3ccc4cc(-c5ccc6ccc7cccc8ccc5c6c78)ccc4c3)c3ccccc23)c(O)c1O. The molecule has 10 aromatic rings. The van der Waals surface area contributed by atoms with Gasteiger partial charge in [0, 0.05) is 5.56 Å². The van der Waals surface area contributed by atoms with Crippen LogP contribution in [0.5, 0.6) is 28.7 Å². The second-order valence-corrected chi connectivity index (χ2v) is 13.2. The van der Waals surface area contributed by atoms with E-state index in [0.717, 1.165) is 38.2 Å². The van der Waals surface area contributed by atoms with Gasteiger partial charge in [-0.2, -0.15) is 0 Å². The van der Waals surface area contributed by atoms with E-state index in [-0.39, 0.29) is 5.56 Å². The minimum atomic E-state index is -0.988. The molecule has 5 N–H and O–H groups in total. The van der Waals surface area contributed by atoms with Gasteiger partial charge in [-0.05, 0) is 99.0 Å². The van der Waals surface area contributed by atoms with Gasteiger partial charge in [-0.25, -0.2) is 0 Å². The minimum Gasteiger partial charge on any atom is -0.504 e. The third kappa shape index (κ3) is 4.03. The molecule has 0 bridgehead atoms. The molecule has 0 amide bonds. The average molecular weight is 661 g/mol. The van der Waals surface area contributed by atoms with Gasteiger partial charge in [0.25, 0.3) is 0 Å². The molecule has 0 saturated carbocycles. The fraction of sp³-hybridized carbons (Fsp3) is 0. The van der Waals surface area contributed by atoms with Crippen LogP contribution in [-0.4, -0.2) is 25.5 Å². The summed E-state index contributed by atoms with van der Waals surface area (Å²) in [6.07, 6.45) is 0. The second kappa shape index (κ2) is 10.5. The molecule has 0 aliphatic rings. The lowest BCUT2D eigenvalue weighted by atomic mass is 9.84. The Hall–Kier alpha value is -6.98. The van der Waals surface area contributed by atoms with Gasteiger partial charge in [-0.15, -0.1) is 0 Å². The Morgan fingerprint density at radius 3 is 1.33 bits per heavy atom. The molecule has 10 aromatic carbocycles. The van der Waals surface area contributed by atoms with Crippen molar-refractivity contribution in [3.05, 3.63) is 140 Å². The molecule has 0 spiro atoms. The predicted octanol–water partition coefficient (Wildman–Crippen LogP) is 11.6. The number of benzene rings is 10. The summed E-state index contributed by atoms with van der Waals surface area (Å²) in [4.78, 5) is 0. The molecular weight excluding hydrogens is 633 g/mol. The van der Waals surface area contributed by atoms with Crippen molar-refractivity contribution in [2.75, 3.05) is 0 Å². The van der Waals surface area contributed by atoms with Crippen LogP contribution in [0.25, 0.3) is 98.0 Å². The predicted molar refractivity (Wildman–Crippen MR) is 207 cm³/mol. The molecule has 51 heavy (non-hydrogen) atoms. The third-order valence-electron chi connectivity index (χ3n) is 10.5. The quantitative estimate of drug-likeness (QED) is 0.0562. The van der Waals surface area contributed by atoms with E-state index in [4.69, 9.17) is 0 Å². The Labute approximate surface area is 291 Å². The van der Waals surface area contributed by atoms with Crippen molar-refractivity contribution in [2.24, 2.45) is 0 Å². The van der Waals surface area contributed by atoms with Gasteiger partial charge in [0.15, 0.2) is 11.5 Å². The summed E-state index contributed by atoms with van der Waals surface area (Å²) in [5.74, 6) is -4.26. The Morgan fingerprint density at radius 1 is 0.275 bits per heavy atom. The van der Waals surface area contributed by atoms with Gasteiger partial charge in [-0.1, -0.05) is 127 Å². The van der Waals surface area contributed by atoms with E-state index in [2.05, 4.69) is 91.0 Å². The molecule has 0 aliphatic carbocycles. The lowest BCUT2D eigenvalue weighted by Gasteiger charge is -2.20. The number of aromatic hydroxyl groups is 5. The topological polar surface area (TPSA) is 101 Å². The molecule has 242 valence electrons. The molecule has 0 aromatic heterocycles. The van der Waals surface area contributed by atoms with Crippen molar-refractivity contribution in [1.82, 2.24) is 0 Å². The van der Waals surface area contributed by atoms with Crippen LogP contribution < -0.4 is 0 Å². The Balaban J connectivity index is 1.17. The summed E-state index contributed by atoms with van der Waals surface area (Å²) in [6.45, 7) is 0. The van der Waals surface area contributed by atoms with E-state index < -0.39 is 28.7 Å². The maximum absolute atomic E-state index is 11.0.